The predicted octanol–water partition coefficient (Wildman–Crippen LogP) is 1.23. The number of esters is 3. The molecule has 0 aliphatic carbocycles. The van der Waals surface area contributed by atoms with Gasteiger partial charge in [-0.05, 0) is 6.42 Å². The van der Waals surface area contributed by atoms with Crippen molar-refractivity contribution in [3.05, 3.63) is 0 Å². The molecule has 1 aliphatic heterocycles. The lowest BCUT2D eigenvalue weighted by Crippen LogP contribution is -2.58. The van der Waals surface area contributed by atoms with Crippen LogP contribution in [0.5, 0.6) is 0 Å². The summed E-state index contributed by atoms with van der Waals surface area (Å²) in [5.41, 5.74) is 0. The van der Waals surface area contributed by atoms with Crippen molar-refractivity contribution in [2.45, 2.75) is 65.6 Å². The lowest BCUT2D eigenvalue weighted by molar-refractivity contribution is -0.296. The number of hydrogen-bond acceptors (Lipinski definition) is 10. The van der Waals surface area contributed by atoms with Gasteiger partial charge in [-0.15, -0.1) is 0 Å². The molecule has 0 spiro atoms. The summed E-state index contributed by atoms with van der Waals surface area (Å²) in [7, 11) is 0. The van der Waals surface area contributed by atoms with Crippen molar-refractivity contribution in [2.24, 2.45) is 5.92 Å². The highest BCUT2D eigenvalue weighted by Gasteiger charge is 2.48. The molecule has 10 heteroatoms. The van der Waals surface area contributed by atoms with Gasteiger partial charge >= 0.3 is 17.9 Å². The van der Waals surface area contributed by atoms with E-state index in [1.807, 2.05) is 6.92 Å². The van der Waals surface area contributed by atoms with E-state index >= 15 is 0 Å². The molecule has 0 bridgehead atoms. The van der Waals surface area contributed by atoms with E-state index in [9.17, 15) is 14.4 Å². The first-order valence-electron chi connectivity index (χ1n) is 10.2. The standard InChI is InChI=1S/C20H34O10/c1-6-7-24-8-9-25-10-11-26-20-19(29-16(5)23)18(28-15(4)22)13(2)17(30-20)12-27-14(3)21/h13,17-20H,6-12H2,1-5H3/t13?,17-,18+,19-,20-/m1/s1. The molecule has 1 saturated heterocycles. The quantitative estimate of drug-likeness (QED) is 0.238. The van der Waals surface area contributed by atoms with Gasteiger partial charge in [0.2, 0.25) is 0 Å². The van der Waals surface area contributed by atoms with Crippen molar-refractivity contribution in [3.63, 3.8) is 0 Å². The Kier molecular flexibility index (Phi) is 12.5. The van der Waals surface area contributed by atoms with Gasteiger partial charge in [0.1, 0.15) is 18.8 Å². The highest BCUT2D eigenvalue weighted by atomic mass is 16.7. The van der Waals surface area contributed by atoms with Gasteiger partial charge in [0, 0.05) is 33.3 Å². The average molecular weight is 434 g/mol. The van der Waals surface area contributed by atoms with Gasteiger partial charge in [-0.1, -0.05) is 13.8 Å². The number of carbonyl (C=O) groups is 3. The van der Waals surface area contributed by atoms with Crippen molar-refractivity contribution < 1.29 is 47.5 Å². The largest absolute Gasteiger partial charge is 0.463 e. The van der Waals surface area contributed by atoms with Crippen molar-refractivity contribution >= 4 is 17.9 Å². The third-order valence-electron chi connectivity index (χ3n) is 4.29. The Morgan fingerprint density at radius 2 is 1.37 bits per heavy atom. The molecule has 10 nitrogen and oxygen atoms in total. The van der Waals surface area contributed by atoms with Gasteiger partial charge < -0.3 is 33.2 Å². The van der Waals surface area contributed by atoms with Crippen LogP contribution in [0.3, 0.4) is 0 Å². The van der Waals surface area contributed by atoms with Gasteiger partial charge in [0.25, 0.3) is 0 Å². The van der Waals surface area contributed by atoms with Crippen LogP contribution in [0, 0.1) is 5.92 Å². The molecule has 174 valence electrons. The number of rotatable bonds is 13. The molecule has 1 unspecified atom stereocenters. The van der Waals surface area contributed by atoms with Gasteiger partial charge in [0.15, 0.2) is 12.4 Å². The fourth-order valence-electron chi connectivity index (χ4n) is 2.93. The van der Waals surface area contributed by atoms with E-state index in [4.69, 9.17) is 33.2 Å². The number of hydrogen-bond donors (Lipinski definition) is 0. The van der Waals surface area contributed by atoms with Crippen molar-refractivity contribution in [1.29, 1.82) is 0 Å². The lowest BCUT2D eigenvalue weighted by atomic mass is 9.90. The third kappa shape index (κ3) is 9.84. The maximum absolute atomic E-state index is 11.6. The molecule has 0 radical (unpaired) electrons. The van der Waals surface area contributed by atoms with Crippen LogP contribution in [0.1, 0.15) is 41.0 Å². The van der Waals surface area contributed by atoms with Crippen LogP contribution in [0.15, 0.2) is 0 Å². The normalized spacial score (nSPS) is 26.1. The van der Waals surface area contributed by atoms with Crippen LogP contribution < -0.4 is 0 Å². The first-order chi connectivity index (χ1) is 14.3. The molecule has 0 aromatic heterocycles. The Morgan fingerprint density at radius 1 is 0.800 bits per heavy atom. The summed E-state index contributed by atoms with van der Waals surface area (Å²) < 4.78 is 38.2. The fraction of sp³-hybridized carbons (Fsp3) is 0.850. The predicted molar refractivity (Wildman–Crippen MR) is 103 cm³/mol. The summed E-state index contributed by atoms with van der Waals surface area (Å²) >= 11 is 0. The van der Waals surface area contributed by atoms with E-state index in [-0.39, 0.29) is 19.8 Å². The average Bonchev–Trinajstić information content (AvgIpc) is 2.66. The van der Waals surface area contributed by atoms with E-state index < -0.39 is 48.4 Å². The zero-order chi connectivity index (χ0) is 22.5. The maximum atomic E-state index is 11.6. The summed E-state index contributed by atoms with van der Waals surface area (Å²) in [6.45, 7) is 9.53. The van der Waals surface area contributed by atoms with E-state index in [0.29, 0.717) is 19.8 Å². The minimum atomic E-state index is -1.02. The molecule has 0 saturated carbocycles. The van der Waals surface area contributed by atoms with Gasteiger partial charge in [-0.25, -0.2) is 0 Å². The zero-order valence-electron chi connectivity index (χ0n) is 18.4. The Labute approximate surface area is 177 Å². The highest BCUT2D eigenvalue weighted by Crippen LogP contribution is 2.31. The molecule has 0 N–H and O–H groups in total. The monoisotopic (exact) mass is 434 g/mol. The zero-order valence-corrected chi connectivity index (χ0v) is 18.4. The van der Waals surface area contributed by atoms with Crippen LogP contribution in [0.2, 0.25) is 0 Å². The van der Waals surface area contributed by atoms with Crippen LogP contribution in [-0.4, -0.2) is 82.2 Å². The van der Waals surface area contributed by atoms with Gasteiger partial charge in [0.05, 0.1) is 26.4 Å². The Bertz CT molecular complexity index is 538. The second-order valence-electron chi connectivity index (χ2n) is 6.95. The Balaban J connectivity index is 2.74. The van der Waals surface area contributed by atoms with Crippen molar-refractivity contribution in [2.75, 3.05) is 39.6 Å². The number of carbonyl (C=O) groups excluding carboxylic acids is 3. The van der Waals surface area contributed by atoms with Gasteiger partial charge in [-0.2, -0.15) is 0 Å². The second-order valence-corrected chi connectivity index (χ2v) is 6.95. The molecule has 0 aromatic carbocycles. The molecule has 30 heavy (non-hydrogen) atoms. The van der Waals surface area contributed by atoms with Crippen LogP contribution in [0.4, 0.5) is 0 Å². The van der Waals surface area contributed by atoms with Crippen LogP contribution in [-0.2, 0) is 47.5 Å². The summed E-state index contributed by atoms with van der Waals surface area (Å²) in [6, 6.07) is 0. The molecule has 1 fully saturated rings. The Hall–Kier alpha value is -1.75. The first kappa shape index (κ1) is 26.3. The summed E-state index contributed by atoms with van der Waals surface area (Å²) in [5, 5.41) is 0. The summed E-state index contributed by atoms with van der Waals surface area (Å²) in [5.74, 6) is -1.98. The molecule has 0 amide bonds. The number of ether oxygens (including phenoxy) is 7. The SMILES string of the molecule is CCCOCCOCCO[C@@H]1O[C@H](COC(C)=O)C(C)[C@H](OC(C)=O)[C@H]1OC(C)=O. The third-order valence-corrected chi connectivity index (χ3v) is 4.29. The molecule has 1 heterocycles. The molecule has 5 atom stereocenters. The molecular formula is C20H34O10. The summed E-state index contributed by atoms with van der Waals surface area (Å²) in [4.78, 5) is 34.4. The van der Waals surface area contributed by atoms with E-state index in [2.05, 4.69) is 0 Å². The van der Waals surface area contributed by atoms with E-state index in [0.717, 1.165) is 6.42 Å². The van der Waals surface area contributed by atoms with E-state index in [1.54, 1.807) is 6.92 Å². The molecule has 0 aromatic rings. The van der Waals surface area contributed by atoms with Gasteiger partial charge in [-0.3, -0.25) is 14.4 Å². The molecular weight excluding hydrogens is 400 g/mol. The molecule has 1 rings (SSSR count). The second kappa shape index (κ2) is 14.3. The van der Waals surface area contributed by atoms with Crippen LogP contribution >= 0.6 is 0 Å². The highest BCUT2D eigenvalue weighted by molar-refractivity contribution is 5.67. The Morgan fingerprint density at radius 3 is 1.93 bits per heavy atom. The lowest BCUT2D eigenvalue weighted by Gasteiger charge is -2.43. The molecule has 1 aliphatic rings. The first-order valence-corrected chi connectivity index (χ1v) is 10.2. The topological polar surface area (TPSA) is 116 Å². The van der Waals surface area contributed by atoms with Crippen molar-refractivity contribution in [3.8, 4) is 0 Å². The maximum Gasteiger partial charge on any atom is 0.303 e. The van der Waals surface area contributed by atoms with Crippen molar-refractivity contribution in [1.82, 2.24) is 0 Å². The fourth-order valence-corrected chi connectivity index (χ4v) is 2.93. The minimum Gasteiger partial charge on any atom is -0.463 e. The smallest absolute Gasteiger partial charge is 0.303 e. The minimum absolute atomic E-state index is 0.0494. The summed E-state index contributed by atoms with van der Waals surface area (Å²) in [6.07, 6.45) is -2.49. The van der Waals surface area contributed by atoms with E-state index in [1.165, 1.54) is 20.8 Å². The van der Waals surface area contributed by atoms with Crippen LogP contribution in [0.25, 0.3) is 0 Å².